The normalized spacial score (nSPS) is 14.7. The number of methoxy groups -OCH3 is 1. The number of benzene rings is 4. The van der Waals surface area contributed by atoms with Crippen LogP contribution >= 0.6 is 11.3 Å². The lowest BCUT2D eigenvalue weighted by Crippen LogP contribution is -2.40. The van der Waals surface area contributed by atoms with E-state index in [2.05, 4.69) is 66.1 Å². The van der Waals surface area contributed by atoms with Crippen LogP contribution < -0.4 is 24.4 Å². The molecule has 0 saturated heterocycles. The highest BCUT2D eigenvalue weighted by molar-refractivity contribution is 7.07. The number of carbonyl (C=O) groups is 1. The van der Waals surface area contributed by atoms with E-state index in [4.69, 9.17) is 19.2 Å². The summed E-state index contributed by atoms with van der Waals surface area (Å²) in [5.74, 6) is 0.570. The largest absolute Gasteiger partial charge is 0.493 e. The summed E-state index contributed by atoms with van der Waals surface area (Å²) in [7, 11) is 1.57. The Morgan fingerprint density at radius 3 is 2.46 bits per heavy atom. The van der Waals surface area contributed by atoms with Crippen molar-refractivity contribution in [2.24, 2.45) is 4.99 Å². The second kappa shape index (κ2) is 13.5. The van der Waals surface area contributed by atoms with Gasteiger partial charge in [0, 0.05) is 28.7 Å². The number of aromatic nitrogens is 2. The molecule has 8 nitrogen and oxygen atoms in total. The maximum atomic E-state index is 14.5. The summed E-state index contributed by atoms with van der Waals surface area (Å²) in [5, 5.41) is 3.48. The number of hydrogen-bond donors (Lipinski definition) is 0. The molecule has 0 radical (unpaired) electrons. The monoisotopic (exact) mass is 685 g/mol. The fourth-order valence-electron chi connectivity index (χ4n) is 6.89. The molecule has 0 amide bonds. The first-order chi connectivity index (χ1) is 24.2. The molecule has 254 valence electrons. The van der Waals surface area contributed by atoms with Gasteiger partial charge in [0.05, 0.1) is 41.7 Å². The van der Waals surface area contributed by atoms with Crippen LogP contribution in [-0.2, 0) is 16.1 Å². The molecule has 0 bridgehead atoms. The Hall–Kier alpha value is -5.41. The van der Waals surface area contributed by atoms with Gasteiger partial charge in [-0.25, -0.2) is 9.79 Å². The summed E-state index contributed by atoms with van der Waals surface area (Å²) in [6, 6.07) is 27.9. The molecule has 0 saturated carbocycles. The molecule has 6 aromatic rings. The van der Waals surface area contributed by atoms with E-state index >= 15 is 0 Å². The molecular formula is C41H39N3O5S. The number of carbonyl (C=O) groups excluding carboxylic acids is 1. The van der Waals surface area contributed by atoms with Gasteiger partial charge in [-0.15, -0.1) is 0 Å². The van der Waals surface area contributed by atoms with Crippen molar-refractivity contribution in [3.05, 3.63) is 138 Å². The zero-order valence-electron chi connectivity index (χ0n) is 29.0. The lowest BCUT2D eigenvalue weighted by Gasteiger charge is -2.25. The van der Waals surface area contributed by atoms with Gasteiger partial charge in [-0.1, -0.05) is 78.1 Å². The minimum atomic E-state index is -0.775. The molecule has 9 heteroatoms. The maximum absolute atomic E-state index is 14.5. The Bertz CT molecular complexity index is 2500. The smallest absolute Gasteiger partial charge is 0.338 e. The number of rotatable bonds is 9. The number of esters is 1. The van der Waals surface area contributed by atoms with Crippen molar-refractivity contribution in [2.75, 3.05) is 13.7 Å². The number of para-hydroxylation sites is 1. The number of nitrogens with zero attached hydrogens (tertiary/aromatic N) is 3. The number of thiazole rings is 1. The minimum absolute atomic E-state index is 0.0638. The quantitative estimate of drug-likeness (QED) is 0.152. The van der Waals surface area contributed by atoms with Crippen molar-refractivity contribution in [3.63, 3.8) is 0 Å². The van der Waals surface area contributed by atoms with E-state index < -0.39 is 12.0 Å². The van der Waals surface area contributed by atoms with Gasteiger partial charge in [-0.2, -0.15) is 0 Å². The second-order valence-electron chi connectivity index (χ2n) is 12.6. The van der Waals surface area contributed by atoms with Gasteiger partial charge in [-0.3, -0.25) is 9.36 Å². The van der Waals surface area contributed by atoms with Gasteiger partial charge in [0.25, 0.3) is 5.56 Å². The van der Waals surface area contributed by atoms with Crippen LogP contribution in [0.15, 0.2) is 106 Å². The van der Waals surface area contributed by atoms with E-state index in [1.807, 2.05) is 50.3 Å². The van der Waals surface area contributed by atoms with Gasteiger partial charge in [-0.05, 0) is 80.8 Å². The Balaban J connectivity index is 1.40. The van der Waals surface area contributed by atoms with E-state index in [0.717, 1.165) is 22.2 Å². The zero-order chi connectivity index (χ0) is 35.1. The van der Waals surface area contributed by atoms with Gasteiger partial charge >= 0.3 is 5.97 Å². The molecule has 1 atom stereocenters. The molecule has 1 aliphatic rings. The number of ether oxygens (including phenoxy) is 3. The molecule has 0 fully saturated rings. The van der Waals surface area contributed by atoms with E-state index in [0.29, 0.717) is 44.2 Å². The minimum Gasteiger partial charge on any atom is -0.493 e. The molecule has 0 unspecified atom stereocenters. The van der Waals surface area contributed by atoms with Crippen LogP contribution in [0.25, 0.3) is 27.8 Å². The summed E-state index contributed by atoms with van der Waals surface area (Å²) >= 11 is 1.32. The summed E-state index contributed by atoms with van der Waals surface area (Å²) < 4.78 is 21.6. The van der Waals surface area contributed by atoms with Crippen molar-refractivity contribution in [1.82, 2.24) is 9.13 Å². The summed E-state index contributed by atoms with van der Waals surface area (Å²) in [6.07, 6.45) is 1.91. The van der Waals surface area contributed by atoms with E-state index in [9.17, 15) is 9.59 Å². The number of fused-ring (bicyclic) bond motifs is 3. The third-order valence-electron chi connectivity index (χ3n) is 9.15. The second-order valence-corrected chi connectivity index (χ2v) is 13.6. The lowest BCUT2D eigenvalue weighted by molar-refractivity contribution is -0.139. The number of allylic oxidation sites excluding steroid dienone is 1. The van der Waals surface area contributed by atoms with Crippen LogP contribution in [0.2, 0.25) is 0 Å². The molecule has 0 aliphatic carbocycles. The van der Waals surface area contributed by atoms with Crippen molar-refractivity contribution >= 4 is 45.1 Å². The topological polar surface area (TPSA) is 84.1 Å². The van der Waals surface area contributed by atoms with Crippen molar-refractivity contribution < 1.29 is 19.0 Å². The summed E-state index contributed by atoms with van der Waals surface area (Å²) in [6.45, 7) is 10.4. The van der Waals surface area contributed by atoms with Crippen LogP contribution in [0.1, 0.15) is 56.1 Å². The summed E-state index contributed by atoms with van der Waals surface area (Å²) in [5.41, 5.74) is 5.60. The average molecular weight is 686 g/mol. The van der Waals surface area contributed by atoms with Crippen LogP contribution in [0.4, 0.5) is 0 Å². The van der Waals surface area contributed by atoms with Crippen molar-refractivity contribution in [2.45, 2.75) is 53.3 Å². The third-order valence-corrected chi connectivity index (χ3v) is 10.1. The molecule has 7 rings (SSSR count). The molecule has 2 aromatic heterocycles. The van der Waals surface area contributed by atoms with Crippen molar-refractivity contribution in [3.8, 4) is 11.5 Å². The first-order valence-electron chi connectivity index (χ1n) is 16.8. The highest BCUT2D eigenvalue weighted by atomic mass is 32.1. The first-order valence-corrected chi connectivity index (χ1v) is 17.6. The Labute approximate surface area is 294 Å². The van der Waals surface area contributed by atoms with Crippen LogP contribution in [0.5, 0.6) is 11.5 Å². The van der Waals surface area contributed by atoms with Crippen LogP contribution in [0, 0.1) is 6.92 Å². The van der Waals surface area contributed by atoms with E-state index in [1.54, 1.807) is 25.5 Å². The fourth-order valence-corrected chi connectivity index (χ4v) is 7.92. The molecule has 50 heavy (non-hydrogen) atoms. The average Bonchev–Trinajstić information content (AvgIpc) is 3.56. The predicted octanol–water partition coefficient (Wildman–Crippen LogP) is 7.06. The highest BCUT2D eigenvalue weighted by Gasteiger charge is 2.34. The summed E-state index contributed by atoms with van der Waals surface area (Å²) in [4.78, 5) is 33.3. The van der Waals surface area contributed by atoms with Gasteiger partial charge < -0.3 is 18.8 Å². The molecule has 1 aliphatic heterocycles. The van der Waals surface area contributed by atoms with Gasteiger partial charge in [0.15, 0.2) is 16.3 Å². The standard InChI is InChI=1S/C41H39N3O5S/c1-7-48-40(46)37-25(4)42-41-44(38(37)28-19-20-34(49-24(2)3)35(21-28)47-6)39(45)36(50-41)22-32-26(5)43(33-18-11-10-17-31(32)33)23-29-15-12-14-27-13-8-9-16-30(27)29/h8-22,24,38H,7,23H2,1-6H3/b36-22+/t38-/m0/s1. The third kappa shape index (κ3) is 5.81. The van der Waals surface area contributed by atoms with Gasteiger partial charge in [0.2, 0.25) is 0 Å². The maximum Gasteiger partial charge on any atom is 0.338 e. The number of hydrogen-bond acceptors (Lipinski definition) is 7. The SMILES string of the molecule is CCOC(=O)C1=C(C)N=c2s/c(=C/c3c(C)n(Cc4cccc5ccccc45)c4ccccc34)c(=O)n2[C@H]1c1ccc(OC(C)C)c(OC)c1. The van der Waals surface area contributed by atoms with E-state index in [-0.39, 0.29) is 18.3 Å². The first kappa shape index (κ1) is 33.1. The van der Waals surface area contributed by atoms with Crippen LogP contribution in [0.3, 0.4) is 0 Å². The van der Waals surface area contributed by atoms with Crippen molar-refractivity contribution in [1.29, 1.82) is 0 Å². The molecule has 0 spiro atoms. The fraction of sp³-hybridized carbons (Fsp3) is 0.244. The Morgan fingerprint density at radius 2 is 1.70 bits per heavy atom. The highest BCUT2D eigenvalue weighted by Crippen LogP contribution is 2.37. The van der Waals surface area contributed by atoms with E-state index in [1.165, 1.54) is 27.7 Å². The zero-order valence-corrected chi connectivity index (χ0v) is 29.8. The molecule has 4 aromatic carbocycles. The molecule has 3 heterocycles. The van der Waals surface area contributed by atoms with Crippen LogP contribution in [-0.4, -0.2) is 34.9 Å². The van der Waals surface area contributed by atoms with Gasteiger partial charge in [0.1, 0.15) is 0 Å². The molecular weight excluding hydrogens is 647 g/mol. The molecule has 0 N–H and O–H groups in total. The predicted molar refractivity (Wildman–Crippen MR) is 199 cm³/mol. The Kier molecular flexibility index (Phi) is 8.92. The lowest BCUT2D eigenvalue weighted by atomic mass is 9.95. The Morgan fingerprint density at radius 1 is 0.960 bits per heavy atom.